The molecule has 6 heteroatoms. The van der Waals surface area contributed by atoms with E-state index in [9.17, 15) is 9.18 Å². The Morgan fingerprint density at radius 1 is 1.22 bits per heavy atom. The highest BCUT2D eigenvalue weighted by Crippen LogP contribution is 2.25. The van der Waals surface area contributed by atoms with Crippen molar-refractivity contribution >= 4 is 23.2 Å². The number of amides is 1. The van der Waals surface area contributed by atoms with Crippen LogP contribution in [-0.2, 0) is 0 Å². The molecule has 0 radical (unpaired) electrons. The first-order valence-corrected chi connectivity index (χ1v) is 7.73. The molecule has 4 rings (SSSR count). The first-order chi connectivity index (χ1) is 11.1. The number of hydrogen-bond donors (Lipinski definition) is 1. The van der Waals surface area contributed by atoms with Crippen molar-refractivity contribution in [1.29, 1.82) is 0 Å². The fraction of sp³-hybridized carbons (Fsp3) is 0.176. The molecule has 23 heavy (non-hydrogen) atoms. The summed E-state index contributed by atoms with van der Waals surface area (Å²) in [5.41, 5.74) is 2.75. The average Bonchev–Trinajstić information content (AvgIpc) is 3.24. The maximum atomic E-state index is 13.3. The molecule has 116 valence electrons. The number of benzene rings is 1. The highest BCUT2D eigenvalue weighted by molar-refractivity contribution is 6.31. The van der Waals surface area contributed by atoms with E-state index < -0.39 is 5.82 Å². The average molecular weight is 330 g/mol. The molecule has 4 nitrogen and oxygen atoms in total. The second kappa shape index (κ2) is 5.35. The van der Waals surface area contributed by atoms with Crippen LogP contribution in [0.25, 0.3) is 16.8 Å². The van der Waals surface area contributed by atoms with Crippen molar-refractivity contribution < 1.29 is 9.18 Å². The summed E-state index contributed by atoms with van der Waals surface area (Å²) in [5.74, 6) is -0.597. The molecule has 1 amide bonds. The van der Waals surface area contributed by atoms with Gasteiger partial charge in [-0.25, -0.2) is 9.37 Å². The lowest BCUT2D eigenvalue weighted by Crippen LogP contribution is -2.25. The minimum Gasteiger partial charge on any atom is -0.348 e. The zero-order chi connectivity index (χ0) is 16.0. The molecular weight excluding hydrogens is 317 g/mol. The molecule has 3 aromatic rings. The summed E-state index contributed by atoms with van der Waals surface area (Å²) < 4.78 is 15.1. The summed E-state index contributed by atoms with van der Waals surface area (Å²) >= 11 is 5.83. The van der Waals surface area contributed by atoms with E-state index in [-0.39, 0.29) is 10.9 Å². The summed E-state index contributed by atoms with van der Waals surface area (Å²) in [6, 6.07) is 8.57. The van der Waals surface area contributed by atoms with E-state index in [2.05, 4.69) is 10.3 Å². The van der Waals surface area contributed by atoms with Crippen LogP contribution in [0.4, 0.5) is 4.39 Å². The molecule has 0 unspecified atom stereocenters. The molecule has 1 saturated carbocycles. The van der Waals surface area contributed by atoms with Crippen molar-refractivity contribution in [2.24, 2.45) is 0 Å². The molecule has 1 N–H and O–H groups in total. The summed E-state index contributed by atoms with van der Waals surface area (Å²) in [6.07, 6.45) is 5.62. The first-order valence-electron chi connectivity index (χ1n) is 7.35. The second-order valence-corrected chi connectivity index (χ2v) is 6.09. The molecule has 1 aromatic carbocycles. The molecular formula is C17H13ClFN3O. The van der Waals surface area contributed by atoms with E-state index in [1.165, 1.54) is 6.07 Å². The highest BCUT2D eigenvalue weighted by atomic mass is 35.5. The molecule has 2 aromatic heterocycles. The quantitative estimate of drug-likeness (QED) is 0.796. The van der Waals surface area contributed by atoms with E-state index in [0.29, 0.717) is 17.4 Å². The van der Waals surface area contributed by atoms with E-state index in [1.807, 2.05) is 18.3 Å². The van der Waals surface area contributed by atoms with Gasteiger partial charge in [0, 0.05) is 18.4 Å². The maximum Gasteiger partial charge on any atom is 0.271 e. The Bertz CT molecular complexity index is 917. The maximum absolute atomic E-state index is 13.3. The highest BCUT2D eigenvalue weighted by Gasteiger charge is 2.24. The molecule has 0 spiro atoms. The topological polar surface area (TPSA) is 46.4 Å². The number of nitrogens with zero attached hydrogens (tertiary/aromatic N) is 2. The molecule has 1 aliphatic rings. The van der Waals surface area contributed by atoms with Crippen molar-refractivity contribution in [3.05, 3.63) is 59.3 Å². The van der Waals surface area contributed by atoms with Crippen LogP contribution in [0.3, 0.4) is 0 Å². The minimum absolute atomic E-state index is 0.0812. The van der Waals surface area contributed by atoms with Crippen LogP contribution in [0.5, 0.6) is 0 Å². The summed E-state index contributed by atoms with van der Waals surface area (Å²) in [6.45, 7) is 0. The predicted molar refractivity (Wildman–Crippen MR) is 86.1 cm³/mol. The Morgan fingerprint density at radius 3 is 2.74 bits per heavy atom. The van der Waals surface area contributed by atoms with Gasteiger partial charge >= 0.3 is 0 Å². The van der Waals surface area contributed by atoms with Gasteiger partial charge in [-0.3, -0.25) is 4.79 Å². The van der Waals surface area contributed by atoms with Gasteiger partial charge in [0.25, 0.3) is 5.91 Å². The SMILES string of the molecule is O=C(NC1CC1)c1cn2cc(-c3ccc(F)c(Cl)c3)ccc2n1. The van der Waals surface area contributed by atoms with Gasteiger partial charge in [-0.2, -0.15) is 0 Å². The third-order valence-electron chi connectivity index (χ3n) is 3.85. The van der Waals surface area contributed by atoms with Crippen molar-refractivity contribution in [3.63, 3.8) is 0 Å². The number of halogens is 2. The zero-order valence-corrected chi connectivity index (χ0v) is 12.8. The van der Waals surface area contributed by atoms with Crippen LogP contribution in [0.2, 0.25) is 5.02 Å². The lowest BCUT2D eigenvalue weighted by atomic mass is 10.1. The largest absolute Gasteiger partial charge is 0.348 e. The second-order valence-electron chi connectivity index (χ2n) is 5.69. The van der Waals surface area contributed by atoms with Gasteiger partial charge < -0.3 is 9.72 Å². The van der Waals surface area contributed by atoms with E-state index in [0.717, 1.165) is 24.0 Å². The Kier molecular flexibility index (Phi) is 3.31. The summed E-state index contributed by atoms with van der Waals surface area (Å²) in [7, 11) is 0. The van der Waals surface area contributed by atoms with Gasteiger partial charge in [0.05, 0.1) is 5.02 Å². The van der Waals surface area contributed by atoms with E-state index in [4.69, 9.17) is 11.6 Å². The smallest absolute Gasteiger partial charge is 0.271 e. The Balaban J connectivity index is 1.69. The van der Waals surface area contributed by atoms with Gasteiger partial charge in [0.15, 0.2) is 0 Å². The van der Waals surface area contributed by atoms with E-state index >= 15 is 0 Å². The molecule has 1 fully saturated rings. The number of hydrogen-bond acceptors (Lipinski definition) is 2. The lowest BCUT2D eigenvalue weighted by Gasteiger charge is -2.04. The lowest BCUT2D eigenvalue weighted by molar-refractivity contribution is 0.0946. The van der Waals surface area contributed by atoms with Crippen LogP contribution in [0, 0.1) is 5.82 Å². The number of pyridine rings is 1. The molecule has 1 aliphatic carbocycles. The summed E-state index contributed by atoms with van der Waals surface area (Å²) in [4.78, 5) is 16.4. The van der Waals surface area contributed by atoms with Crippen LogP contribution < -0.4 is 5.32 Å². The first kappa shape index (κ1) is 14.2. The molecule has 2 heterocycles. The Hall–Kier alpha value is -2.40. The number of fused-ring (bicyclic) bond motifs is 1. The van der Waals surface area contributed by atoms with Gasteiger partial charge in [-0.05, 0) is 48.2 Å². The monoisotopic (exact) mass is 329 g/mol. The molecule has 0 bridgehead atoms. The van der Waals surface area contributed by atoms with Crippen LogP contribution in [0.15, 0.2) is 42.7 Å². The number of rotatable bonds is 3. The standard InChI is InChI=1S/C17H13ClFN3O/c18-13-7-10(1-5-14(13)19)11-2-6-16-21-15(9-22(16)8-11)17(23)20-12-3-4-12/h1-2,5-9,12H,3-4H2,(H,20,23). The van der Waals surface area contributed by atoms with Crippen molar-refractivity contribution in [1.82, 2.24) is 14.7 Å². The van der Waals surface area contributed by atoms with Crippen molar-refractivity contribution in [3.8, 4) is 11.1 Å². The fourth-order valence-electron chi connectivity index (χ4n) is 2.43. The number of nitrogens with one attached hydrogen (secondary N) is 1. The van der Waals surface area contributed by atoms with Crippen molar-refractivity contribution in [2.75, 3.05) is 0 Å². The third-order valence-corrected chi connectivity index (χ3v) is 4.14. The predicted octanol–water partition coefficient (Wildman–Crippen LogP) is 3.69. The normalized spacial score (nSPS) is 14.2. The van der Waals surface area contributed by atoms with Crippen LogP contribution in [0.1, 0.15) is 23.3 Å². The number of imidazole rings is 1. The number of carbonyl (C=O) groups excluding carboxylic acids is 1. The number of carbonyl (C=O) groups is 1. The number of aromatic nitrogens is 2. The fourth-order valence-corrected chi connectivity index (χ4v) is 2.62. The van der Waals surface area contributed by atoms with Crippen LogP contribution >= 0.6 is 11.6 Å². The van der Waals surface area contributed by atoms with Crippen molar-refractivity contribution in [2.45, 2.75) is 18.9 Å². The van der Waals surface area contributed by atoms with Gasteiger partial charge in [-0.15, -0.1) is 0 Å². The van der Waals surface area contributed by atoms with Gasteiger partial charge in [0.2, 0.25) is 0 Å². The summed E-state index contributed by atoms with van der Waals surface area (Å²) in [5, 5.41) is 3.00. The molecule has 0 saturated heterocycles. The zero-order valence-electron chi connectivity index (χ0n) is 12.1. The molecule has 0 atom stereocenters. The van der Waals surface area contributed by atoms with Crippen LogP contribution in [-0.4, -0.2) is 21.3 Å². The minimum atomic E-state index is -0.446. The third kappa shape index (κ3) is 2.80. The van der Waals surface area contributed by atoms with Gasteiger partial charge in [-0.1, -0.05) is 17.7 Å². The Morgan fingerprint density at radius 2 is 2.00 bits per heavy atom. The van der Waals surface area contributed by atoms with Gasteiger partial charge in [0.1, 0.15) is 17.2 Å². The van der Waals surface area contributed by atoms with E-state index in [1.54, 1.807) is 22.7 Å². The molecule has 0 aliphatic heterocycles. The Labute approximate surface area is 136 Å².